The van der Waals surface area contributed by atoms with Gasteiger partial charge in [0, 0.05) is 38.3 Å². The molecule has 2 N–H and O–H groups in total. The van der Waals surface area contributed by atoms with Crippen LogP contribution in [-0.2, 0) is 9.47 Å². The largest absolute Gasteiger partial charge is 0.383 e. The Hall–Kier alpha value is -1.34. The lowest BCUT2D eigenvalue weighted by Gasteiger charge is -2.42. The number of morpholine rings is 1. The predicted molar refractivity (Wildman–Crippen MR) is 112 cm³/mol. The Balaban J connectivity index is 2.17. The summed E-state index contributed by atoms with van der Waals surface area (Å²) in [4.78, 5) is 7.28. The predicted octanol–water partition coefficient (Wildman–Crippen LogP) is 2.69. The maximum absolute atomic E-state index is 6.09. The lowest BCUT2D eigenvalue weighted by Crippen LogP contribution is -2.50. The summed E-state index contributed by atoms with van der Waals surface area (Å²) >= 11 is 6.09. The third-order valence-electron chi connectivity index (χ3n) is 4.52. The first-order valence-electron chi connectivity index (χ1n) is 9.60. The van der Waals surface area contributed by atoms with E-state index in [-0.39, 0.29) is 11.6 Å². The van der Waals surface area contributed by atoms with Gasteiger partial charge < -0.3 is 20.1 Å². The summed E-state index contributed by atoms with van der Waals surface area (Å²) in [7, 11) is 1.70. The van der Waals surface area contributed by atoms with Gasteiger partial charge in [0.2, 0.25) is 0 Å². The van der Waals surface area contributed by atoms with Crippen molar-refractivity contribution in [1.29, 1.82) is 0 Å². The number of hydrogen-bond donors (Lipinski definition) is 2. The van der Waals surface area contributed by atoms with Gasteiger partial charge in [-0.2, -0.15) is 0 Å². The van der Waals surface area contributed by atoms with Crippen molar-refractivity contribution in [3.8, 4) is 0 Å². The van der Waals surface area contributed by atoms with Crippen molar-refractivity contribution in [2.45, 2.75) is 32.4 Å². The fraction of sp³-hybridized carbons (Fsp3) is 0.650. The molecule has 152 valence electrons. The molecule has 6 nitrogen and oxygen atoms in total. The molecule has 1 atom stereocenters. The molecule has 1 aliphatic heterocycles. The van der Waals surface area contributed by atoms with Crippen LogP contribution in [0.1, 0.15) is 32.4 Å². The van der Waals surface area contributed by atoms with Crippen molar-refractivity contribution in [1.82, 2.24) is 15.5 Å². The Morgan fingerprint density at radius 1 is 1.33 bits per heavy atom. The molecule has 1 aromatic rings. The van der Waals surface area contributed by atoms with E-state index < -0.39 is 0 Å². The van der Waals surface area contributed by atoms with Crippen LogP contribution in [-0.4, -0.2) is 69.5 Å². The molecule has 0 amide bonds. The van der Waals surface area contributed by atoms with E-state index in [2.05, 4.69) is 48.4 Å². The second-order valence-electron chi connectivity index (χ2n) is 7.29. The zero-order valence-electron chi connectivity index (χ0n) is 16.9. The molecule has 7 heteroatoms. The molecule has 1 saturated heterocycles. The van der Waals surface area contributed by atoms with Crippen LogP contribution < -0.4 is 10.6 Å². The van der Waals surface area contributed by atoms with E-state index in [1.54, 1.807) is 7.11 Å². The van der Waals surface area contributed by atoms with Crippen LogP contribution in [0.5, 0.6) is 0 Å². The van der Waals surface area contributed by atoms with Gasteiger partial charge in [0.1, 0.15) is 0 Å². The van der Waals surface area contributed by atoms with Gasteiger partial charge in [0.25, 0.3) is 0 Å². The first-order chi connectivity index (χ1) is 12.9. The molecule has 0 saturated carbocycles. The standard InChI is InChI=1S/C20H33ClN4O2/c1-5-22-19(23-10-12-26-4)24-14-18(16-6-8-17(21)9-7-16)25-11-13-27-20(2,3)15-25/h6-9,18H,5,10-15H2,1-4H3,(H2,22,23,24). The molecular formula is C20H33ClN4O2. The maximum atomic E-state index is 6.09. The summed E-state index contributed by atoms with van der Waals surface area (Å²) in [6.07, 6.45) is 0. The van der Waals surface area contributed by atoms with Crippen molar-refractivity contribution in [3.63, 3.8) is 0 Å². The summed E-state index contributed by atoms with van der Waals surface area (Å²) in [6.45, 7) is 11.6. The first-order valence-corrected chi connectivity index (χ1v) is 9.97. The molecule has 27 heavy (non-hydrogen) atoms. The van der Waals surface area contributed by atoms with Crippen LogP contribution in [0.2, 0.25) is 5.02 Å². The number of benzene rings is 1. The Morgan fingerprint density at radius 2 is 2.07 bits per heavy atom. The highest BCUT2D eigenvalue weighted by Crippen LogP contribution is 2.28. The van der Waals surface area contributed by atoms with Gasteiger partial charge in [-0.05, 0) is 38.5 Å². The van der Waals surface area contributed by atoms with Crippen molar-refractivity contribution < 1.29 is 9.47 Å². The highest BCUT2D eigenvalue weighted by atomic mass is 35.5. The highest BCUT2D eigenvalue weighted by molar-refractivity contribution is 6.30. The minimum Gasteiger partial charge on any atom is -0.383 e. The third-order valence-corrected chi connectivity index (χ3v) is 4.77. The van der Waals surface area contributed by atoms with Crippen molar-refractivity contribution in [2.75, 3.05) is 53.0 Å². The minimum absolute atomic E-state index is 0.159. The Bertz CT molecular complexity index is 592. The number of guanidine groups is 1. The molecule has 0 spiro atoms. The minimum atomic E-state index is -0.159. The SMILES string of the molecule is CCNC(=NCC(c1ccc(Cl)cc1)N1CCOC(C)(C)C1)NCCOC. The number of hydrogen-bond acceptors (Lipinski definition) is 4. The van der Waals surface area contributed by atoms with Crippen LogP contribution in [0.25, 0.3) is 0 Å². The molecule has 1 heterocycles. The van der Waals surface area contributed by atoms with Gasteiger partial charge in [0.15, 0.2) is 5.96 Å². The van der Waals surface area contributed by atoms with Crippen LogP contribution in [0.15, 0.2) is 29.3 Å². The van der Waals surface area contributed by atoms with Crippen molar-refractivity contribution in [2.24, 2.45) is 4.99 Å². The molecule has 2 rings (SSSR count). The highest BCUT2D eigenvalue weighted by Gasteiger charge is 2.32. The number of methoxy groups -OCH3 is 1. The van der Waals surface area contributed by atoms with Crippen molar-refractivity contribution >= 4 is 17.6 Å². The molecule has 0 aliphatic carbocycles. The van der Waals surface area contributed by atoms with Gasteiger partial charge in [-0.3, -0.25) is 9.89 Å². The zero-order chi connectivity index (χ0) is 19.7. The number of nitrogens with zero attached hydrogens (tertiary/aromatic N) is 2. The molecule has 0 bridgehead atoms. The number of rotatable bonds is 8. The Kier molecular flexibility index (Phi) is 8.83. The summed E-state index contributed by atoms with van der Waals surface area (Å²) in [5.74, 6) is 0.807. The second-order valence-corrected chi connectivity index (χ2v) is 7.72. The lowest BCUT2D eigenvalue weighted by molar-refractivity contribution is -0.0967. The monoisotopic (exact) mass is 396 g/mol. The lowest BCUT2D eigenvalue weighted by atomic mass is 10.0. The molecule has 0 aromatic heterocycles. The average Bonchev–Trinajstić information content (AvgIpc) is 2.62. The smallest absolute Gasteiger partial charge is 0.191 e. The van der Waals surface area contributed by atoms with E-state index >= 15 is 0 Å². The summed E-state index contributed by atoms with van der Waals surface area (Å²) in [5.41, 5.74) is 1.06. The van der Waals surface area contributed by atoms with Crippen LogP contribution in [0, 0.1) is 0 Å². The molecule has 1 aliphatic rings. The number of halogens is 1. The average molecular weight is 397 g/mol. The topological polar surface area (TPSA) is 58.1 Å². The van der Waals surface area contributed by atoms with E-state index in [1.807, 2.05) is 12.1 Å². The summed E-state index contributed by atoms with van der Waals surface area (Å²) in [6, 6.07) is 8.25. The summed E-state index contributed by atoms with van der Waals surface area (Å²) in [5, 5.41) is 7.35. The Labute approximate surface area is 168 Å². The zero-order valence-corrected chi connectivity index (χ0v) is 17.7. The molecule has 1 aromatic carbocycles. The maximum Gasteiger partial charge on any atom is 0.191 e. The molecule has 0 radical (unpaired) electrons. The molecule has 1 fully saturated rings. The van der Waals surface area contributed by atoms with E-state index in [0.717, 1.165) is 43.8 Å². The quantitative estimate of drug-likeness (QED) is 0.402. The third kappa shape index (κ3) is 7.30. The van der Waals surface area contributed by atoms with Crippen LogP contribution >= 0.6 is 11.6 Å². The number of aliphatic imine (C=N–C) groups is 1. The fourth-order valence-electron chi connectivity index (χ4n) is 3.23. The van der Waals surface area contributed by atoms with Crippen LogP contribution in [0.3, 0.4) is 0 Å². The summed E-state index contributed by atoms with van der Waals surface area (Å²) < 4.78 is 11.0. The van der Waals surface area contributed by atoms with Gasteiger partial charge in [-0.1, -0.05) is 23.7 Å². The van der Waals surface area contributed by atoms with E-state index in [0.29, 0.717) is 13.2 Å². The fourth-order valence-corrected chi connectivity index (χ4v) is 3.35. The van der Waals surface area contributed by atoms with E-state index in [9.17, 15) is 0 Å². The number of nitrogens with one attached hydrogen (secondary N) is 2. The van der Waals surface area contributed by atoms with Gasteiger partial charge in [-0.15, -0.1) is 0 Å². The van der Waals surface area contributed by atoms with E-state index in [4.69, 9.17) is 26.1 Å². The van der Waals surface area contributed by atoms with Gasteiger partial charge in [0.05, 0.1) is 31.4 Å². The van der Waals surface area contributed by atoms with Gasteiger partial charge in [-0.25, -0.2) is 0 Å². The van der Waals surface area contributed by atoms with Gasteiger partial charge >= 0.3 is 0 Å². The normalized spacial score (nSPS) is 18.9. The Morgan fingerprint density at radius 3 is 2.70 bits per heavy atom. The molecular weight excluding hydrogens is 364 g/mol. The second kappa shape index (κ2) is 10.9. The van der Waals surface area contributed by atoms with Crippen molar-refractivity contribution in [3.05, 3.63) is 34.9 Å². The van der Waals surface area contributed by atoms with Crippen LogP contribution in [0.4, 0.5) is 0 Å². The molecule has 1 unspecified atom stereocenters. The van der Waals surface area contributed by atoms with E-state index in [1.165, 1.54) is 5.56 Å². The first kappa shape index (κ1) is 22.0. The number of ether oxygens (including phenoxy) is 2.